The predicted molar refractivity (Wildman–Crippen MR) is 90.0 cm³/mol. The number of ether oxygens (including phenoxy) is 1. The molecule has 0 saturated heterocycles. The van der Waals surface area contributed by atoms with Gasteiger partial charge in [-0.05, 0) is 69.2 Å². The zero-order valence-corrected chi connectivity index (χ0v) is 14.0. The van der Waals surface area contributed by atoms with Crippen LogP contribution < -0.4 is 5.32 Å². The third kappa shape index (κ3) is 5.61. The van der Waals surface area contributed by atoms with Crippen molar-refractivity contribution in [3.63, 3.8) is 0 Å². The fraction of sp³-hybridized carbons (Fsp3) is 0.667. The van der Waals surface area contributed by atoms with Crippen molar-refractivity contribution in [2.75, 3.05) is 13.2 Å². The first kappa shape index (κ1) is 16.8. The summed E-state index contributed by atoms with van der Waals surface area (Å²) >= 11 is 6.09. The Labute approximate surface area is 134 Å². The van der Waals surface area contributed by atoms with Gasteiger partial charge in [-0.2, -0.15) is 0 Å². The first-order valence-corrected chi connectivity index (χ1v) is 8.68. The van der Waals surface area contributed by atoms with Gasteiger partial charge < -0.3 is 10.1 Å². The van der Waals surface area contributed by atoms with E-state index in [1.807, 2.05) is 12.1 Å². The number of rotatable bonds is 9. The normalized spacial score (nSPS) is 22.8. The van der Waals surface area contributed by atoms with Crippen molar-refractivity contribution in [1.82, 2.24) is 5.32 Å². The van der Waals surface area contributed by atoms with Crippen molar-refractivity contribution < 1.29 is 4.74 Å². The highest BCUT2D eigenvalue weighted by Crippen LogP contribution is 2.34. The summed E-state index contributed by atoms with van der Waals surface area (Å²) in [5.74, 6) is 0.815. The third-order valence-corrected chi connectivity index (χ3v) is 4.50. The molecule has 0 spiro atoms. The van der Waals surface area contributed by atoms with Gasteiger partial charge >= 0.3 is 0 Å². The van der Waals surface area contributed by atoms with Crippen molar-refractivity contribution >= 4 is 11.6 Å². The third-order valence-electron chi connectivity index (χ3n) is 4.27. The average Bonchev–Trinajstić information content (AvgIpc) is 2.42. The summed E-state index contributed by atoms with van der Waals surface area (Å²) in [5.41, 5.74) is 1.33. The molecule has 1 aromatic carbocycles. The molecule has 1 aromatic rings. The van der Waals surface area contributed by atoms with E-state index >= 15 is 0 Å². The molecule has 118 valence electrons. The van der Waals surface area contributed by atoms with Crippen LogP contribution in [0.2, 0.25) is 5.02 Å². The van der Waals surface area contributed by atoms with E-state index in [0.29, 0.717) is 12.1 Å². The summed E-state index contributed by atoms with van der Waals surface area (Å²) in [6, 6.07) is 8.81. The molecule has 2 nitrogen and oxygen atoms in total. The van der Waals surface area contributed by atoms with Gasteiger partial charge in [-0.1, -0.05) is 30.7 Å². The van der Waals surface area contributed by atoms with Crippen LogP contribution in [0.15, 0.2) is 24.3 Å². The van der Waals surface area contributed by atoms with E-state index in [9.17, 15) is 0 Å². The van der Waals surface area contributed by atoms with Crippen LogP contribution in [0.5, 0.6) is 0 Å². The van der Waals surface area contributed by atoms with Crippen LogP contribution in [-0.2, 0) is 11.2 Å². The van der Waals surface area contributed by atoms with Gasteiger partial charge in [0.05, 0.1) is 6.10 Å². The molecule has 0 bridgehead atoms. The minimum Gasteiger partial charge on any atom is -0.378 e. The number of halogens is 1. The van der Waals surface area contributed by atoms with Gasteiger partial charge in [0.25, 0.3) is 0 Å². The van der Waals surface area contributed by atoms with E-state index in [4.69, 9.17) is 16.3 Å². The number of nitrogens with one attached hydrogen (secondary N) is 1. The Hall–Kier alpha value is -0.570. The van der Waals surface area contributed by atoms with E-state index in [2.05, 4.69) is 31.3 Å². The van der Waals surface area contributed by atoms with Crippen LogP contribution in [0.4, 0.5) is 0 Å². The van der Waals surface area contributed by atoms with Crippen LogP contribution in [-0.4, -0.2) is 25.3 Å². The molecule has 1 atom stereocenters. The molecular weight excluding hydrogens is 282 g/mol. The highest BCUT2D eigenvalue weighted by molar-refractivity contribution is 6.30. The Kier molecular flexibility index (Phi) is 7.01. The van der Waals surface area contributed by atoms with Crippen molar-refractivity contribution in [1.29, 1.82) is 0 Å². The van der Waals surface area contributed by atoms with E-state index in [1.54, 1.807) is 0 Å². The Morgan fingerprint density at radius 3 is 2.81 bits per heavy atom. The number of hydrogen-bond donors (Lipinski definition) is 1. The standard InChI is InChI=1S/C18H28ClNO/c1-3-8-20-17(10-14-6-5-7-16(19)9-14)11-15-12-18(13-15)21-4-2/h5-7,9,15,17-18,20H,3-4,8,10-13H2,1-2H3. The van der Waals surface area contributed by atoms with Gasteiger partial charge in [0.15, 0.2) is 0 Å². The fourth-order valence-electron chi connectivity index (χ4n) is 3.18. The molecule has 0 aromatic heterocycles. The van der Waals surface area contributed by atoms with Crippen molar-refractivity contribution in [3.8, 4) is 0 Å². The molecule has 1 aliphatic rings. The fourth-order valence-corrected chi connectivity index (χ4v) is 3.39. The quantitative estimate of drug-likeness (QED) is 0.727. The lowest BCUT2D eigenvalue weighted by molar-refractivity contribution is -0.0290. The molecule has 21 heavy (non-hydrogen) atoms. The maximum atomic E-state index is 6.09. The smallest absolute Gasteiger partial charge is 0.0580 e. The highest BCUT2D eigenvalue weighted by Gasteiger charge is 2.31. The molecule has 3 heteroatoms. The number of hydrogen-bond acceptors (Lipinski definition) is 2. The molecule has 0 aliphatic heterocycles. The first-order valence-electron chi connectivity index (χ1n) is 8.30. The second-order valence-electron chi connectivity index (χ2n) is 6.14. The lowest BCUT2D eigenvalue weighted by Crippen LogP contribution is -2.39. The van der Waals surface area contributed by atoms with Crippen LogP contribution >= 0.6 is 11.6 Å². The van der Waals surface area contributed by atoms with Crippen LogP contribution in [0.25, 0.3) is 0 Å². The first-order chi connectivity index (χ1) is 10.2. The highest BCUT2D eigenvalue weighted by atomic mass is 35.5. The van der Waals surface area contributed by atoms with Crippen LogP contribution in [0, 0.1) is 5.92 Å². The van der Waals surface area contributed by atoms with Gasteiger partial charge in [-0.15, -0.1) is 0 Å². The summed E-state index contributed by atoms with van der Waals surface area (Å²) < 4.78 is 5.67. The van der Waals surface area contributed by atoms with E-state index < -0.39 is 0 Å². The molecule has 1 N–H and O–H groups in total. The summed E-state index contributed by atoms with van der Waals surface area (Å²) in [5, 5.41) is 4.53. The van der Waals surface area contributed by atoms with Crippen LogP contribution in [0.3, 0.4) is 0 Å². The Morgan fingerprint density at radius 2 is 2.14 bits per heavy atom. The molecule has 1 fully saturated rings. The van der Waals surface area contributed by atoms with E-state index in [0.717, 1.165) is 30.5 Å². The zero-order chi connectivity index (χ0) is 15.1. The molecule has 1 aliphatic carbocycles. The predicted octanol–water partition coefficient (Wildman–Crippen LogP) is 4.46. The Morgan fingerprint density at radius 1 is 1.33 bits per heavy atom. The minimum absolute atomic E-state index is 0.512. The zero-order valence-electron chi connectivity index (χ0n) is 13.3. The summed E-state index contributed by atoms with van der Waals surface area (Å²) in [4.78, 5) is 0. The largest absolute Gasteiger partial charge is 0.378 e. The van der Waals surface area contributed by atoms with Crippen LogP contribution in [0.1, 0.15) is 45.1 Å². The SMILES string of the molecule is CCCNC(Cc1cccc(Cl)c1)CC1CC(OCC)C1. The Balaban J connectivity index is 1.83. The average molecular weight is 310 g/mol. The topological polar surface area (TPSA) is 21.3 Å². The second kappa shape index (κ2) is 8.77. The molecule has 0 radical (unpaired) electrons. The number of benzene rings is 1. The van der Waals surface area contributed by atoms with Crippen molar-refractivity contribution in [3.05, 3.63) is 34.9 Å². The summed E-state index contributed by atoms with van der Waals surface area (Å²) in [7, 11) is 0. The van der Waals surface area contributed by atoms with Gasteiger partial charge in [0.1, 0.15) is 0 Å². The molecule has 1 saturated carbocycles. The maximum Gasteiger partial charge on any atom is 0.0580 e. The van der Waals surface area contributed by atoms with Crippen molar-refractivity contribution in [2.24, 2.45) is 5.92 Å². The Bertz CT molecular complexity index is 417. The summed E-state index contributed by atoms with van der Waals surface area (Å²) in [6.07, 6.45) is 6.46. The lowest BCUT2D eigenvalue weighted by Gasteiger charge is -2.37. The van der Waals surface area contributed by atoms with Gasteiger partial charge in [0.2, 0.25) is 0 Å². The molecule has 2 rings (SSSR count). The van der Waals surface area contributed by atoms with Crippen molar-refractivity contribution in [2.45, 2.75) is 58.1 Å². The molecular formula is C18H28ClNO. The molecule has 1 unspecified atom stereocenters. The minimum atomic E-state index is 0.512. The van der Waals surface area contributed by atoms with Gasteiger partial charge in [-0.3, -0.25) is 0 Å². The molecule has 0 amide bonds. The summed E-state index contributed by atoms with van der Waals surface area (Å²) in [6.45, 7) is 6.24. The molecule has 0 heterocycles. The second-order valence-corrected chi connectivity index (χ2v) is 6.57. The van der Waals surface area contributed by atoms with E-state index in [1.165, 1.54) is 31.2 Å². The maximum absolute atomic E-state index is 6.09. The van der Waals surface area contributed by atoms with Gasteiger partial charge in [-0.25, -0.2) is 0 Å². The van der Waals surface area contributed by atoms with Gasteiger partial charge in [0, 0.05) is 17.7 Å². The monoisotopic (exact) mass is 309 g/mol. The van der Waals surface area contributed by atoms with E-state index in [-0.39, 0.29) is 0 Å². The lowest BCUT2D eigenvalue weighted by atomic mass is 9.77.